The van der Waals surface area contributed by atoms with E-state index in [4.69, 9.17) is 4.74 Å². The van der Waals surface area contributed by atoms with Crippen LogP contribution in [0.5, 0.6) is 5.75 Å². The minimum Gasteiger partial charge on any atom is -0.483 e. The van der Waals surface area contributed by atoms with Gasteiger partial charge in [0.2, 0.25) is 11.3 Å². The van der Waals surface area contributed by atoms with Crippen molar-refractivity contribution in [3.63, 3.8) is 0 Å². The summed E-state index contributed by atoms with van der Waals surface area (Å²) in [5.41, 5.74) is 1.16. The van der Waals surface area contributed by atoms with E-state index in [1.165, 1.54) is 24.4 Å². The number of ether oxygens (including phenoxy) is 1. The highest BCUT2D eigenvalue weighted by molar-refractivity contribution is 5.75. The van der Waals surface area contributed by atoms with Crippen molar-refractivity contribution in [2.75, 3.05) is 7.05 Å². The number of hydrogen-bond acceptors (Lipinski definition) is 3. The number of pyridine rings is 1. The van der Waals surface area contributed by atoms with Crippen molar-refractivity contribution in [3.8, 4) is 5.75 Å². The number of carbonyl (C=O) groups is 1. The molecular formula is C16H17FN2O3. The first-order valence-corrected chi connectivity index (χ1v) is 6.78. The number of amides is 1. The van der Waals surface area contributed by atoms with Crippen molar-refractivity contribution in [1.29, 1.82) is 0 Å². The van der Waals surface area contributed by atoms with Gasteiger partial charge in [0, 0.05) is 18.8 Å². The molecule has 0 fully saturated rings. The van der Waals surface area contributed by atoms with Crippen molar-refractivity contribution in [2.24, 2.45) is 0 Å². The zero-order chi connectivity index (χ0) is 16.1. The molecule has 1 aromatic heterocycles. The van der Waals surface area contributed by atoms with Gasteiger partial charge in [-0.25, -0.2) is 4.39 Å². The minimum atomic E-state index is -0.327. The SMILES string of the molecule is CNC(=O)Cn1cc(OCc2ccc(F)cc2)c(=O)cc1C. The van der Waals surface area contributed by atoms with Crippen molar-refractivity contribution >= 4 is 5.91 Å². The third-order valence-electron chi connectivity index (χ3n) is 3.21. The summed E-state index contributed by atoms with van der Waals surface area (Å²) in [6.45, 7) is 2.00. The number of rotatable bonds is 5. The molecule has 0 spiro atoms. The largest absolute Gasteiger partial charge is 0.483 e. The van der Waals surface area contributed by atoms with Crippen LogP contribution in [0.1, 0.15) is 11.3 Å². The maximum absolute atomic E-state index is 12.8. The van der Waals surface area contributed by atoms with Crippen LogP contribution in [-0.4, -0.2) is 17.5 Å². The van der Waals surface area contributed by atoms with Gasteiger partial charge in [0.25, 0.3) is 0 Å². The van der Waals surface area contributed by atoms with Gasteiger partial charge in [-0.15, -0.1) is 0 Å². The summed E-state index contributed by atoms with van der Waals surface area (Å²) in [5.74, 6) is -0.345. The van der Waals surface area contributed by atoms with Crippen molar-refractivity contribution in [1.82, 2.24) is 9.88 Å². The Morgan fingerprint density at radius 3 is 2.64 bits per heavy atom. The lowest BCUT2D eigenvalue weighted by molar-refractivity contribution is -0.121. The number of halogens is 1. The Balaban J connectivity index is 2.16. The van der Waals surface area contributed by atoms with Crippen LogP contribution in [-0.2, 0) is 17.9 Å². The third kappa shape index (κ3) is 3.94. The van der Waals surface area contributed by atoms with Crippen molar-refractivity contribution in [3.05, 3.63) is 63.8 Å². The second-order valence-corrected chi connectivity index (χ2v) is 4.86. The van der Waals surface area contributed by atoms with E-state index in [0.717, 1.165) is 5.56 Å². The lowest BCUT2D eigenvalue weighted by Crippen LogP contribution is -2.25. The molecule has 22 heavy (non-hydrogen) atoms. The Kier molecular flexibility index (Phi) is 4.93. The van der Waals surface area contributed by atoms with Crippen LogP contribution in [0.25, 0.3) is 0 Å². The number of hydrogen-bond donors (Lipinski definition) is 1. The molecule has 0 atom stereocenters. The molecule has 1 N–H and O–H groups in total. The second kappa shape index (κ2) is 6.89. The Morgan fingerprint density at radius 1 is 1.32 bits per heavy atom. The van der Waals surface area contributed by atoms with Gasteiger partial charge in [-0.2, -0.15) is 0 Å². The molecule has 5 nitrogen and oxygen atoms in total. The number of benzene rings is 1. The minimum absolute atomic E-state index is 0.107. The molecule has 2 rings (SSSR count). The van der Waals surface area contributed by atoms with Gasteiger partial charge in [-0.05, 0) is 24.6 Å². The van der Waals surface area contributed by atoms with Crippen LogP contribution in [0.15, 0.2) is 41.3 Å². The normalized spacial score (nSPS) is 10.3. The van der Waals surface area contributed by atoms with E-state index in [2.05, 4.69) is 5.32 Å². The van der Waals surface area contributed by atoms with Crippen LogP contribution < -0.4 is 15.5 Å². The van der Waals surface area contributed by atoms with E-state index in [-0.39, 0.29) is 36.1 Å². The van der Waals surface area contributed by atoms with Gasteiger partial charge in [0.1, 0.15) is 19.0 Å². The fourth-order valence-corrected chi connectivity index (χ4v) is 1.90. The van der Waals surface area contributed by atoms with Crippen LogP contribution in [0.4, 0.5) is 4.39 Å². The summed E-state index contributed by atoms with van der Waals surface area (Å²) >= 11 is 0. The molecule has 0 aliphatic carbocycles. The highest BCUT2D eigenvalue weighted by Crippen LogP contribution is 2.10. The van der Waals surface area contributed by atoms with Crippen LogP contribution in [0.3, 0.4) is 0 Å². The lowest BCUT2D eigenvalue weighted by atomic mass is 10.2. The smallest absolute Gasteiger partial charge is 0.239 e. The molecule has 0 bridgehead atoms. The van der Waals surface area contributed by atoms with E-state index in [9.17, 15) is 14.0 Å². The Labute approximate surface area is 127 Å². The predicted octanol–water partition coefficient (Wildman–Crippen LogP) is 1.62. The van der Waals surface area contributed by atoms with Gasteiger partial charge in [0.15, 0.2) is 5.75 Å². The zero-order valence-electron chi connectivity index (χ0n) is 12.4. The van der Waals surface area contributed by atoms with E-state index in [1.807, 2.05) is 0 Å². The molecule has 1 heterocycles. The molecule has 116 valence electrons. The Hall–Kier alpha value is -2.63. The summed E-state index contributed by atoms with van der Waals surface area (Å²) < 4.78 is 20.0. The zero-order valence-corrected chi connectivity index (χ0v) is 12.4. The topological polar surface area (TPSA) is 60.3 Å². The first-order valence-electron chi connectivity index (χ1n) is 6.78. The van der Waals surface area contributed by atoms with Gasteiger partial charge in [-0.1, -0.05) is 12.1 Å². The molecule has 0 saturated heterocycles. The van der Waals surface area contributed by atoms with Gasteiger partial charge < -0.3 is 14.6 Å². The Bertz CT molecular complexity index is 723. The maximum atomic E-state index is 12.8. The molecule has 6 heteroatoms. The average molecular weight is 304 g/mol. The number of likely N-dealkylation sites (N-methyl/N-ethyl adjacent to an activating group) is 1. The average Bonchev–Trinajstić information content (AvgIpc) is 2.50. The number of nitrogens with zero attached hydrogens (tertiary/aromatic N) is 1. The highest BCUT2D eigenvalue weighted by atomic mass is 19.1. The molecule has 0 aliphatic heterocycles. The molecule has 0 saturated carbocycles. The van der Waals surface area contributed by atoms with E-state index < -0.39 is 0 Å². The molecule has 1 amide bonds. The Morgan fingerprint density at radius 2 is 2.00 bits per heavy atom. The molecule has 0 aliphatic rings. The molecule has 1 aromatic carbocycles. The standard InChI is InChI=1S/C16H17FN2O3/c1-11-7-14(20)15(8-19(11)9-16(21)18-2)22-10-12-3-5-13(17)6-4-12/h3-8H,9-10H2,1-2H3,(H,18,21). The third-order valence-corrected chi connectivity index (χ3v) is 3.21. The molecule has 2 aromatic rings. The van der Waals surface area contributed by atoms with Crippen LogP contribution in [0, 0.1) is 12.7 Å². The molecular weight excluding hydrogens is 287 g/mol. The quantitative estimate of drug-likeness (QED) is 0.913. The summed E-state index contributed by atoms with van der Waals surface area (Å²) in [6.07, 6.45) is 1.51. The molecule has 0 unspecified atom stereocenters. The van der Waals surface area contributed by atoms with E-state index in [0.29, 0.717) is 5.69 Å². The van der Waals surface area contributed by atoms with Crippen LogP contribution >= 0.6 is 0 Å². The number of aromatic nitrogens is 1. The summed E-state index contributed by atoms with van der Waals surface area (Å²) in [6, 6.07) is 7.26. The monoisotopic (exact) mass is 304 g/mol. The first kappa shape index (κ1) is 15.8. The fourth-order valence-electron chi connectivity index (χ4n) is 1.90. The number of aryl methyl sites for hydroxylation is 1. The summed E-state index contributed by atoms with van der Waals surface area (Å²) in [5, 5.41) is 2.52. The highest BCUT2D eigenvalue weighted by Gasteiger charge is 2.08. The number of carbonyl (C=O) groups excluding carboxylic acids is 1. The van der Waals surface area contributed by atoms with E-state index in [1.54, 1.807) is 30.7 Å². The summed E-state index contributed by atoms with van der Waals surface area (Å²) in [7, 11) is 1.55. The lowest BCUT2D eigenvalue weighted by Gasteiger charge is -2.12. The number of nitrogens with one attached hydrogen (secondary N) is 1. The molecule has 0 radical (unpaired) electrons. The predicted molar refractivity (Wildman–Crippen MR) is 80.2 cm³/mol. The van der Waals surface area contributed by atoms with Crippen molar-refractivity contribution in [2.45, 2.75) is 20.1 Å². The van der Waals surface area contributed by atoms with Crippen molar-refractivity contribution < 1.29 is 13.9 Å². The summed E-state index contributed by atoms with van der Waals surface area (Å²) in [4.78, 5) is 23.4. The fraction of sp³-hybridized carbons (Fsp3) is 0.250. The maximum Gasteiger partial charge on any atom is 0.239 e. The van der Waals surface area contributed by atoms with Gasteiger partial charge >= 0.3 is 0 Å². The first-order chi connectivity index (χ1) is 10.5. The van der Waals surface area contributed by atoms with Gasteiger partial charge in [-0.3, -0.25) is 9.59 Å². The van der Waals surface area contributed by atoms with Crippen LogP contribution in [0.2, 0.25) is 0 Å². The van der Waals surface area contributed by atoms with E-state index >= 15 is 0 Å². The second-order valence-electron chi connectivity index (χ2n) is 4.86. The van der Waals surface area contributed by atoms with Gasteiger partial charge in [0.05, 0.1) is 6.20 Å².